The fourth-order valence-corrected chi connectivity index (χ4v) is 2.98. The van der Waals surface area contributed by atoms with Gasteiger partial charge in [-0.2, -0.15) is 8.78 Å². The highest BCUT2D eigenvalue weighted by Gasteiger charge is 2.36. The second-order valence-corrected chi connectivity index (χ2v) is 4.62. The molecule has 0 bridgehead atoms. The first-order chi connectivity index (χ1) is 7.16. The van der Waals surface area contributed by atoms with Crippen molar-refractivity contribution in [3.8, 4) is 0 Å². The second kappa shape index (κ2) is 4.45. The van der Waals surface area contributed by atoms with Crippen LogP contribution in [0.15, 0.2) is 0 Å². The van der Waals surface area contributed by atoms with Gasteiger partial charge in [-0.1, -0.05) is 19.3 Å². The SMILES string of the molecule is O=C(OC1CCC2CCCC2C1)C(F)F. The van der Waals surface area contributed by atoms with E-state index in [1.165, 1.54) is 19.3 Å². The molecule has 2 nitrogen and oxygen atoms in total. The van der Waals surface area contributed by atoms with E-state index in [1.807, 2.05) is 0 Å². The maximum absolute atomic E-state index is 12.0. The molecule has 2 aliphatic rings. The zero-order valence-electron chi connectivity index (χ0n) is 8.62. The van der Waals surface area contributed by atoms with Crippen LogP contribution in [0.3, 0.4) is 0 Å². The van der Waals surface area contributed by atoms with Crippen molar-refractivity contribution in [3.05, 3.63) is 0 Å². The lowest BCUT2D eigenvalue weighted by Crippen LogP contribution is -2.30. The maximum Gasteiger partial charge on any atom is 0.374 e. The Bertz CT molecular complexity index is 243. The summed E-state index contributed by atoms with van der Waals surface area (Å²) in [6, 6.07) is 0. The highest BCUT2D eigenvalue weighted by molar-refractivity contribution is 5.72. The van der Waals surface area contributed by atoms with Gasteiger partial charge < -0.3 is 4.74 Å². The molecule has 15 heavy (non-hydrogen) atoms. The molecule has 2 fully saturated rings. The minimum atomic E-state index is -2.98. The van der Waals surface area contributed by atoms with Crippen LogP contribution in [0.4, 0.5) is 8.78 Å². The Morgan fingerprint density at radius 1 is 1.13 bits per heavy atom. The van der Waals surface area contributed by atoms with Crippen molar-refractivity contribution in [1.82, 2.24) is 0 Å². The van der Waals surface area contributed by atoms with Gasteiger partial charge in [0.15, 0.2) is 0 Å². The summed E-state index contributed by atoms with van der Waals surface area (Å²) in [5, 5.41) is 0. The first kappa shape index (κ1) is 10.8. The molecule has 4 heteroatoms. The highest BCUT2D eigenvalue weighted by atomic mass is 19.3. The minimum absolute atomic E-state index is 0.258. The van der Waals surface area contributed by atoms with Crippen LogP contribution in [0.1, 0.15) is 38.5 Å². The summed E-state index contributed by atoms with van der Waals surface area (Å²) in [6.45, 7) is 0. The molecule has 3 unspecified atom stereocenters. The number of esters is 1. The molecule has 3 atom stereocenters. The molecule has 0 spiro atoms. The summed E-state index contributed by atoms with van der Waals surface area (Å²) in [7, 11) is 0. The summed E-state index contributed by atoms with van der Waals surface area (Å²) < 4.78 is 28.7. The molecule has 0 heterocycles. The molecule has 2 saturated carbocycles. The molecule has 0 radical (unpaired) electrons. The summed E-state index contributed by atoms with van der Waals surface area (Å²) in [4.78, 5) is 10.7. The average Bonchev–Trinajstić information content (AvgIpc) is 2.64. The van der Waals surface area contributed by atoms with Gasteiger partial charge >= 0.3 is 12.4 Å². The number of halogens is 2. The Balaban J connectivity index is 1.82. The zero-order chi connectivity index (χ0) is 10.8. The van der Waals surface area contributed by atoms with Crippen molar-refractivity contribution in [2.75, 3.05) is 0 Å². The fourth-order valence-electron chi connectivity index (χ4n) is 2.98. The van der Waals surface area contributed by atoms with Gasteiger partial charge in [-0.3, -0.25) is 0 Å². The third-order valence-corrected chi connectivity index (χ3v) is 3.70. The van der Waals surface area contributed by atoms with Gasteiger partial charge in [-0.05, 0) is 31.1 Å². The molecule has 0 aromatic heterocycles. The Labute approximate surface area is 88.0 Å². The van der Waals surface area contributed by atoms with Crippen LogP contribution in [0.2, 0.25) is 0 Å². The number of carbonyl (C=O) groups is 1. The van der Waals surface area contributed by atoms with E-state index in [0.717, 1.165) is 25.2 Å². The Hall–Kier alpha value is -0.670. The third kappa shape index (κ3) is 2.47. The molecule has 86 valence electrons. The third-order valence-electron chi connectivity index (χ3n) is 3.70. The quantitative estimate of drug-likeness (QED) is 0.666. The molecular formula is C11H16F2O2. The largest absolute Gasteiger partial charge is 0.458 e. The van der Waals surface area contributed by atoms with Gasteiger partial charge in [-0.25, -0.2) is 4.79 Å². The number of rotatable bonds is 2. The van der Waals surface area contributed by atoms with E-state index >= 15 is 0 Å². The van der Waals surface area contributed by atoms with Crippen molar-refractivity contribution < 1.29 is 18.3 Å². The monoisotopic (exact) mass is 218 g/mol. The maximum atomic E-state index is 12.0. The predicted octanol–water partition coefficient (Wildman–Crippen LogP) is 2.76. The van der Waals surface area contributed by atoms with E-state index in [9.17, 15) is 13.6 Å². The molecule has 2 aliphatic carbocycles. The van der Waals surface area contributed by atoms with Gasteiger partial charge in [0.05, 0.1) is 0 Å². The van der Waals surface area contributed by atoms with E-state index in [-0.39, 0.29) is 6.10 Å². The van der Waals surface area contributed by atoms with Crippen molar-refractivity contribution >= 4 is 5.97 Å². The Morgan fingerprint density at radius 2 is 1.87 bits per heavy atom. The van der Waals surface area contributed by atoms with Gasteiger partial charge in [0, 0.05) is 0 Å². The van der Waals surface area contributed by atoms with Crippen LogP contribution in [0, 0.1) is 11.8 Å². The molecule has 0 N–H and O–H groups in total. The zero-order valence-corrected chi connectivity index (χ0v) is 8.62. The molecule has 0 saturated heterocycles. The van der Waals surface area contributed by atoms with E-state index in [1.54, 1.807) is 0 Å². The number of alkyl halides is 2. The van der Waals surface area contributed by atoms with E-state index in [4.69, 9.17) is 4.74 Å². The smallest absolute Gasteiger partial charge is 0.374 e. The van der Waals surface area contributed by atoms with Crippen LogP contribution < -0.4 is 0 Å². The lowest BCUT2D eigenvalue weighted by atomic mass is 9.80. The number of fused-ring (bicyclic) bond motifs is 1. The van der Waals surface area contributed by atoms with Crippen molar-refractivity contribution in [2.45, 2.75) is 51.1 Å². The highest BCUT2D eigenvalue weighted by Crippen LogP contribution is 2.42. The van der Waals surface area contributed by atoms with Crippen LogP contribution >= 0.6 is 0 Å². The van der Waals surface area contributed by atoms with Gasteiger partial charge in [0.2, 0.25) is 0 Å². The van der Waals surface area contributed by atoms with Gasteiger partial charge in [0.25, 0.3) is 0 Å². The normalized spacial score (nSPS) is 35.3. The number of hydrogen-bond donors (Lipinski definition) is 0. The summed E-state index contributed by atoms with van der Waals surface area (Å²) in [5.41, 5.74) is 0. The van der Waals surface area contributed by atoms with Crippen molar-refractivity contribution in [2.24, 2.45) is 11.8 Å². The fraction of sp³-hybridized carbons (Fsp3) is 0.909. The van der Waals surface area contributed by atoms with Gasteiger partial charge in [0.1, 0.15) is 6.10 Å². The minimum Gasteiger partial charge on any atom is -0.458 e. The number of hydrogen-bond acceptors (Lipinski definition) is 2. The standard InChI is InChI=1S/C11H16F2O2/c12-10(13)11(14)15-9-5-4-7-2-1-3-8(7)6-9/h7-10H,1-6H2. The molecule has 0 amide bonds. The van der Waals surface area contributed by atoms with Crippen LogP contribution in [0.25, 0.3) is 0 Å². The predicted molar refractivity (Wildman–Crippen MR) is 50.6 cm³/mol. The first-order valence-electron chi connectivity index (χ1n) is 5.65. The van der Waals surface area contributed by atoms with Crippen molar-refractivity contribution in [1.29, 1.82) is 0 Å². The molecular weight excluding hydrogens is 202 g/mol. The number of ether oxygens (including phenoxy) is 1. The van der Waals surface area contributed by atoms with Crippen LogP contribution in [-0.4, -0.2) is 18.5 Å². The Morgan fingerprint density at radius 3 is 2.60 bits per heavy atom. The lowest BCUT2D eigenvalue weighted by molar-refractivity contribution is -0.164. The molecule has 0 aliphatic heterocycles. The van der Waals surface area contributed by atoms with Gasteiger partial charge in [-0.15, -0.1) is 0 Å². The number of carbonyl (C=O) groups excluding carboxylic acids is 1. The molecule has 0 aromatic rings. The van der Waals surface area contributed by atoms with Crippen molar-refractivity contribution in [3.63, 3.8) is 0 Å². The second-order valence-electron chi connectivity index (χ2n) is 4.62. The summed E-state index contributed by atoms with van der Waals surface area (Å²) in [5.74, 6) is 0.0113. The van der Waals surface area contributed by atoms with Crippen LogP contribution in [-0.2, 0) is 9.53 Å². The first-order valence-corrected chi connectivity index (χ1v) is 5.65. The molecule has 0 aromatic carbocycles. The lowest BCUT2D eigenvalue weighted by Gasteiger charge is -2.31. The summed E-state index contributed by atoms with van der Waals surface area (Å²) >= 11 is 0. The van der Waals surface area contributed by atoms with E-state index in [2.05, 4.69) is 0 Å². The Kier molecular flexibility index (Phi) is 3.22. The van der Waals surface area contributed by atoms with E-state index < -0.39 is 12.4 Å². The van der Waals surface area contributed by atoms with E-state index in [0.29, 0.717) is 5.92 Å². The average molecular weight is 218 g/mol. The topological polar surface area (TPSA) is 26.3 Å². The van der Waals surface area contributed by atoms with Crippen LogP contribution in [0.5, 0.6) is 0 Å². The molecule has 2 rings (SSSR count). The summed E-state index contributed by atoms with van der Waals surface area (Å²) in [6.07, 6.45) is 3.03.